The molecule has 30 heavy (non-hydrogen) atoms. The van der Waals surface area contributed by atoms with Gasteiger partial charge in [-0.25, -0.2) is 4.39 Å². The number of carbonyl (C=O) groups is 1. The topological polar surface area (TPSA) is 71.3 Å². The van der Waals surface area contributed by atoms with Crippen LogP contribution in [-0.2, 0) is 15.9 Å². The van der Waals surface area contributed by atoms with E-state index in [9.17, 15) is 9.18 Å². The molecule has 0 aliphatic heterocycles. The predicted octanol–water partition coefficient (Wildman–Crippen LogP) is 4.80. The molecule has 0 radical (unpaired) electrons. The fourth-order valence-electron chi connectivity index (χ4n) is 3.48. The lowest BCUT2D eigenvalue weighted by molar-refractivity contribution is -0.131. The number of nitrogens with zero attached hydrogens (tertiary/aromatic N) is 3. The lowest BCUT2D eigenvalue weighted by Gasteiger charge is -2.16. The largest absolute Gasteiger partial charge is 0.419 e. The standard InChI is InChI=1S/C23H25FN4O2/c1-22(2,24)15-9-11-16(12-10-15)25-18-8-6-5-7-17(18)19-26-27-20(30-19)23(13-14-23)21(29)28(3)4/h5-12,25H,13-14H2,1-4H3. The van der Waals surface area contributed by atoms with E-state index in [1.165, 1.54) is 13.8 Å². The number of halogens is 1. The first-order valence-electron chi connectivity index (χ1n) is 9.92. The van der Waals surface area contributed by atoms with E-state index in [-0.39, 0.29) is 5.91 Å². The van der Waals surface area contributed by atoms with Gasteiger partial charge in [0, 0.05) is 19.8 Å². The van der Waals surface area contributed by atoms with Crippen LogP contribution in [0.15, 0.2) is 52.9 Å². The average molecular weight is 408 g/mol. The normalized spacial score (nSPS) is 15.0. The number of para-hydroxylation sites is 1. The zero-order valence-corrected chi connectivity index (χ0v) is 17.6. The van der Waals surface area contributed by atoms with Gasteiger partial charge in [-0.1, -0.05) is 24.3 Å². The summed E-state index contributed by atoms with van der Waals surface area (Å²) in [6, 6.07) is 14.8. The van der Waals surface area contributed by atoms with Crippen LogP contribution in [0.25, 0.3) is 11.5 Å². The third-order valence-electron chi connectivity index (χ3n) is 5.41. The van der Waals surface area contributed by atoms with Crippen LogP contribution in [0.3, 0.4) is 0 Å². The van der Waals surface area contributed by atoms with Crippen molar-refractivity contribution in [1.29, 1.82) is 0 Å². The second kappa shape index (κ2) is 7.23. The molecule has 0 bridgehead atoms. The zero-order chi connectivity index (χ0) is 21.5. The van der Waals surface area contributed by atoms with Crippen LogP contribution in [0.2, 0.25) is 0 Å². The van der Waals surface area contributed by atoms with Gasteiger partial charge in [0.1, 0.15) is 11.1 Å². The average Bonchev–Trinajstić information content (AvgIpc) is 3.37. The molecule has 156 valence electrons. The summed E-state index contributed by atoms with van der Waals surface area (Å²) >= 11 is 0. The summed E-state index contributed by atoms with van der Waals surface area (Å²) in [5.41, 5.74) is 0.869. The molecule has 1 aliphatic rings. The fourth-order valence-corrected chi connectivity index (χ4v) is 3.48. The molecule has 2 aromatic carbocycles. The van der Waals surface area contributed by atoms with Crippen LogP contribution >= 0.6 is 0 Å². The maximum Gasteiger partial charge on any atom is 0.249 e. The Hall–Kier alpha value is -3.22. The molecule has 1 heterocycles. The van der Waals surface area contributed by atoms with Crippen LogP contribution in [0.1, 0.15) is 38.1 Å². The number of amides is 1. The van der Waals surface area contributed by atoms with E-state index in [4.69, 9.17) is 4.42 Å². The molecule has 0 spiro atoms. The first-order valence-corrected chi connectivity index (χ1v) is 9.92. The van der Waals surface area contributed by atoms with E-state index in [1.807, 2.05) is 36.4 Å². The van der Waals surface area contributed by atoms with Crippen molar-refractivity contribution in [2.45, 2.75) is 37.8 Å². The van der Waals surface area contributed by atoms with Crippen LogP contribution in [0.4, 0.5) is 15.8 Å². The first-order chi connectivity index (χ1) is 14.2. The maximum absolute atomic E-state index is 14.1. The molecule has 3 aromatic rings. The summed E-state index contributed by atoms with van der Waals surface area (Å²) in [6.45, 7) is 3.07. The van der Waals surface area contributed by atoms with E-state index in [1.54, 1.807) is 31.1 Å². The molecule has 1 amide bonds. The maximum atomic E-state index is 14.1. The van der Waals surface area contributed by atoms with Crippen molar-refractivity contribution in [1.82, 2.24) is 15.1 Å². The smallest absolute Gasteiger partial charge is 0.249 e. The summed E-state index contributed by atoms with van der Waals surface area (Å²) in [5, 5.41) is 11.7. The Kier molecular flexibility index (Phi) is 4.84. The molecule has 1 N–H and O–H groups in total. The Bertz CT molecular complexity index is 1060. The number of alkyl halides is 1. The number of aromatic nitrogens is 2. The van der Waals surface area contributed by atoms with Crippen molar-refractivity contribution in [3.63, 3.8) is 0 Å². The Morgan fingerprint density at radius 1 is 1.10 bits per heavy atom. The van der Waals surface area contributed by atoms with Gasteiger partial charge in [-0.15, -0.1) is 10.2 Å². The highest BCUT2D eigenvalue weighted by atomic mass is 19.1. The predicted molar refractivity (Wildman–Crippen MR) is 113 cm³/mol. The van der Waals surface area contributed by atoms with Crippen molar-refractivity contribution in [2.75, 3.05) is 19.4 Å². The minimum atomic E-state index is -1.39. The number of carbonyl (C=O) groups excluding carboxylic acids is 1. The van der Waals surface area contributed by atoms with E-state index >= 15 is 0 Å². The summed E-state index contributed by atoms with van der Waals surface area (Å²) in [5.74, 6) is 0.702. The van der Waals surface area contributed by atoms with Gasteiger partial charge < -0.3 is 14.6 Å². The minimum absolute atomic E-state index is 0.0139. The lowest BCUT2D eigenvalue weighted by Crippen LogP contribution is -2.33. The molecule has 6 nitrogen and oxygen atoms in total. The van der Waals surface area contributed by atoms with Gasteiger partial charge in [-0.3, -0.25) is 4.79 Å². The van der Waals surface area contributed by atoms with Crippen molar-refractivity contribution in [3.05, 3.63) is 60.0 Å². The molecule has 1 aliphatic carbocycles. The molecule has 0 unspecified atom stereocenters. The molecule has 1 aromatic heterocycles. The van der Waals surface area contributed by atoms with Gasteiger partial charge in [-0.2, -0.15) is 0 Å². The molecule has 0 atom stereocenters. The van der Waals surface area contributed by atoms with Crippen LogP contribution in [0.5, 0.6) is 0 Å². The molecular formula is C23H25FN4O2. The number of nitrogens with one attached hydrogen (secondary N) is 1. The van der Waals surface area contributed by atoms with E-state index < -0.39 is 11.1 Å². The van der Waals surface area contributed by atoms with Gasteiger partial charge >= 0.3 is 0 Å². The van der Waals surface area contributed by atoms with Crippen molar-refractivity contribution in [3.8, 4) is 11.5 Å². The highest BCUT2D eigenvalue weighted by molar-refractivity contribution is 5.89. The lowest BCUT2D eigenvalue weighted by atomic mass is 10.00. The van der Waals surface area contributed by atoms with Gasteiger partial charge in [0.05, 0.1) is 11.3 Å². The van der Waals surface area contributed by atoms with Gasteiger partial charge in [0.25, 0.3) is 0 Å². The van der Waals surface area contributed by atoms with Gasteiger partial charge in [0.15, 0.2) is 0 Å². The third kappa shape index (κ3) is 3.67. The SMILES string of the molecule is CN(C)C(=O)C1(c2nnc(-c3ccccc3Nc3ccc(C(C)(C)F)cc3)o2)CC1. The number of hydrogen-bond acceptors (Lipinski definition) is 5. The molecule has 1 fully saturated rings. The Balaban J connectivity index is 1.61. The van der Waals surface area contributed by atoms with Crippen molar-refractivity contribution >= 4 is 17.3 Å². The third-order valence-corrected chi connectivity index (χ3v) is 5.41. The van der Waals surface area contributed by atoms with Gasteiger partial charge in [-0.05, 0) is 56.5 Å². The molecule has 7 heteroatoms. The van der Waals surface area contributed by atoms with E-state index in [0.717, 1.165) is 16.9 Å². The van der Waals surface area contributed by atoms with Crippen molar-refractivity contribution < 1.29 is 13.6 Å². The quantitative estimate of drug-likeness (QED) is 0.634. The van der Waals surface area contributed by atoms with Crippen LogP contribution < -0.4 is 5.32 Å². The Morgan fingerprint density at radius 3 is 2.37 bits per heavy atom. The second-order valence-electron chi connectivity index (χ2n) is 8.41. The highest BCUT2D eigenvalue weighted by Gasteiger charge is 2.56. The number of anilines is 2. The van der Waals surface area contributed by atoms with Crippen molar-refractivity contribution in [2.24, 2.45) is 0 Å². The minimum Gasteiger partial charge on any atom is -0.419 e. The summed E-state index contributed by atoms with van der Waals surface area (Å²) in [4.78, 5) is 14.1. The molecule has 1 saturated carbocycles. The number of likely N-dealkylation sites (N-methyl/N-ethyl adjacent to an activating group) is 1. The zero-order valence-electron chi connectivity index (χ0n) is 17.6. The molecule has 4 rings (SSSR count). The number of hydrogen-bond donors (Lipinski definition) is 1. The monoisotopic (exact) mass is 408 g/mol. The molecular weight excluding hydrogens is 383 g/mol. The summed E-state index contributed by atoms with van der Waals surface area (Å²) in [7, 11) is 3.46. The summed E-state index contributed by atoms with van der Waals surface area (Å²) < 4.78 is 20.1. The van der Waals surface area contributed by atoms with Crippen LogP contribution in [-0.4, -0.2) is 35.1 Å². The van der Waals surface area contributed by atoms with E-state index in [0.29, 0.717) is 30.2 Å². The number of benzene rings is 2. The second-order valence-corrected chi connectivity index (χ2v) is 8.41. The van der Waals surface area contributed by atoms with Gasteiger partial charge in [0.2, 0.25) is 17.7 Å². The summed E-state index contributed by atoms with van der Waals surface area (Å²) in [6.07, 6.45) is 1.42. The Labute approximate surface area is 175 Å². The fraction of sp³-hybridized carbons (Fsp3) is 0.348. The van der Waals surface area contributed by atoms with E-state index in [2.05, 4.69) is 15.5 Å². The number of rotatable bonds is 6. The Morgan fingerprint density at radius 2 is 1.77 bits per heavy atom. The first kappa shape index (κ1) is 20.1. The van der Waals surface area contributed by atoms with Crippen LogP contribution in [0, 0.1) is 0 Å². The molecule has 0 saturated heterocycles. The highest BCUT2D eigenvalue weighted by Crippen LogP contribution is 2.49.